The maximum absolute atomic E-state index is 12.7. The van der Waals surface area contributed by atoms with Crippen molar-refractivity contribution in [3.63, 3.8) is 0 Å². The number of ether oxygens (including phenoxy) is 1. The minimum atomic E-state index is -0.898. The number of nitrogens with zero attached hydrogens (tertiary/aromatic N) is 3. The normalized spacial score (nSPS) is 11.8. The second-order valence-corrected chi connectivity index (χ2v) is 8.74. The van der Waals surface area contributed by atoms with Crippen LogP contribution in [0.15, 0.2) is 67.0 Å². The van der Waals surface area contributed by atoms with Gasteiger partial charge < -0.3 is 15.0 Å². The van der Waals surface area contributed by atoms with Gasteiger partial charge in [-0.3, -0.25) is 4.79 Å². The van der Waals surface area contributed by atoms with Crippen molar-refractivity contribution in [2.75, 3.05) is 18.6 Å². The molecule has 0 aliphatic carbocycles. The molecule has 2 aromatic carbocycles. The number of amides is 1. The van der Waals surface area contributed by atoms with E-state index in [0.717, 1.165) is 30.6 Å². The highest BCUT2D eigenvalue weighted by Crippen LogP contribution is 2.25. The first-order valence-corrected chi connectivity index (χ1v) is 12.3. The van der Waals surface area contributed by atoms with Gasteiger partial charge in [-0.25, -0.2) is 14.8 Å². The smallest absolute Gasteiger partial charge is 0.328 e. The van der Waals surface area contributed by atoms with Gasteiger partial charge in [0.1, 0.15) is 6.04 Å². The number of benzene rings is 2. The summed E-state index contributed by atoms with van der Waals surface area (Å²) in [7, 11) is 1.27. The van der Waals surface area contributed by atoms with Crippen molar-refractivity contribution in [1.82, 2.24) is 15.3 Å². The lowest BCUT2D eigenvalue weighted by Gasteiger charge is -2.22. The molecular weight excluding hydrogens is 499 g/mol. The fraction of sp³-hybridized carbons (Fsp3) is 0.259. The summed E-state index contributed by atoms with van der Waals surface area (Å²) in [5.74, 6) is -0.459. The zero-order chi connectivity index (χ0) is 25.9. The Hall–Kier alpha value is -3.42. The van der Waals surface area contributed by atoms with Crippen molar-refractivity contribution in [1.29, 1.82) is 0 Å². The highest BCUT2D eigenvalue weighted by atomic mass is 35.5. The molecule has 0 radical (unpaired) electrons. The molecule has 1 amide bonds. The van der Waals surface area contributed by atoms with Gasteiger partial charge in [-0.1, -0.05) is 66.9 Å². The van der Waals surface area contributed by atoms with Crippen molar-refractivity contribution in [2.24, 2.45) is 0 Å². The van der Waals surface area contributed by atoms with Crippen molar-refractivity contribution in [3.05, 3.63) is 88.2 Å². The SMILES string of the molecule is CCCCN(c1ccc(/C=C/CC(NC(=O)c2c(Cl)cccc2Cl)C(=O)OC)cc1)c1ncccn1. The molecule has 1 N–H and O–H groups in total. The summed E-state index contributed by atoms with van der Waals surface area (Å²) in [5, 5.41) is 3.06. The van der Waals surface area contributed by atoms with Gasteiger partial charge in [0.25, 0.3) is 5.91 Å². The number of rotatable bonds is 11. The highest BCUT2D eigenvalue weighted by Gasteiger charge is 2.23. The minimum absolute atomic E-state index is 0.115. The molecule has 1 aromatic heterocycles. The first kappa shape index (κ1) is 27.2. The first-order chi connectivity index (χ1) is 17.4. The molecule has 1 heterocycles. The molecular formula is C27H28Cl2N4O3. The molecule has 1 unspecified atom stereocenters. The number of methoxy groups -OCH3 is 1. The summed E-state index contributed by atoms with van der Waals surface area (Å²) in [6.45, 7) is 2.95. The summed E-state index contributed by atoms with van der Waals surface area (Å²) >= 11 is 12.2. The van der Waals surface area contributed by atoms with E-state index in [2.05, 4.69) is 27.1 Å². The van der Waals surface area contributed by atoms with Crippen LogP contribution in [0.5, 0.6) is 0 Å². The molecule has 0 saturated carbocycles. The Labute approximate surface area is 221 Å². The number of halogens is 2. The zero-order valence-corrected chi connectivity index (χ0v) is 21.7. The number of carbonyl (C=O) groups is 2. The monoisotopic (exact) mass is 526 g/mol. The predicted molar refractivity (Wildman–Crippen MR) is 144 cm³/mol. The molecule has 3 rings (SSSR count). The molecule has 36 heavy (non-hydrogen) atoms. The van der Waals surface area contributed by atoms with Gasteiger partial charge in [-0.05, 0) is 48.7 Å². The number of unbranched alkanes of at least 4 members (excludes halogenated alkanes) is 1. The molecule has 7 nitrogen and oxygen atoms in total. The largest absolute Gasteiger partial charge is 0.467 e. The van der Waals surface area contributed by atoms with Crippen LogP contribution >= 0.6 is 23.2 Å². The maximum atomic E-state index is 12.7. The van der Waals surface area contributed by atoms with Crippen LogP contribution in [-0.4, -0.2) is 41.5 Å². The third-order valence-electron chi connectivity index (χ3n) is 5.40. The number of carbonyl (C=O) groups excluding carboxylic acids is 2. The van der Waals surface area contributed by atoms with Gasteiger partial charge in [-0.2, -0.15) is 0 Å². The van der Waals surface area contributed by atoms with Crippen molar-refractivity contribution < 1.29 is 14.3 Å². The van der Waals surface area contributed by atoms with Gasteiger partial charge >= 0.3 is 5.97 Å². The van der Waals surface area contributed by atoms with Crippen LogP contribution in [0, 0.1) is 0 Å². The second-order valence-electron chi connectivity index (χ2n) is 7.93. The quantitative estimate of drug-likeness (QED) is 0.304. The van der Waals surface area contributed by atoms with Crippen LogP contribution < -0.4 is 10.2 Å². The van der Waals surface area contributed by atoms with Crippen LogP contribution in [0.3, 0.4) is 0 Å². The highest BCUT2D eigenvalue weighted by molar-refractivity contribution is 6.39. The van der Waals surface area contributed by atoms with E-state index in [1.54, 1.807) is 42.7 Å². The second kappa shape index (κ2) is 13.6. The number of aromatic nitrogens is 2. The molecule has 0 bridgehead atoms. The van der Waals surface area contributed by atoms with Gasteiger partial charge in [0.05, 0.1) is 22.7 Å². The summed E-state index contributed by atoms with van der Waals surface area (Å²) < 4.78 is 4.86. The van der Waals surface area contributed by atoms with Crippen LogP contribution in [-0.2, 0) is 9.53 Å². The Morgan fingerprint density at radius 1 is 1.06 bits per heavy atom. The maximum Gasteiger partial charge on any atom is 0.328 e. The van der Waals surface area contributed by atoms with Crippen molar-refractivity contribution in [3.8, 4) is 0 Å². The topological polar surface area (TPSA) is 84.4 Å². The lowest BCUT2D eigenvalue weighted by molar-refractivity contribution is -0.142. The minimum Gasteiger partial charge on any atom is -0.467 e. The zero-order valence-electron chi connectivity index (χ0n) is 20.2. The standard InChI is InChI=1S/C27H28Cl2N4O3/c1-3-4-18-33(27-30-16-7-17-31-27)20-14-12-19(13-15-20)8-5-11-23(26(35)36-2)32-25(34)24-21(28)9-6-10-22(24)29/h5-10,12-17,23H,3-4,11,18H2,1-2H3,(H,32,34)/b8-5+. The van der Waals surface area contributed by atoms with Crippen LogP contribution in [0.1, 0.15) is 42.1 Å². The van der Waals surface area contributed by atoms with Gasteiger partial charge in [0.2, 0.25) is 5.95 Å². The lowest BCUT2D eigenvalue weighted by atomic mass is 10.1. The Morgan fingerprint density at radius 2 is 1.72 bits per heavy atom. The van der Waals surface area contributed by atoms with Crippen LogP contribution in [0.4, 0.5) is 11.6 Å². The van der Waals surface area contributed by atoms with E-state index in [1.165, 1.54) is 7.11 Å². The average molecular weight is 527 g/mol. The fourth-order valence-corrected chi connectivity index (χ4v) is 4.07. The summed E-state index contributed by atoms with van der Waals surface area (Å²) in [6, 6.07) is 13.6. The third-order valence-corrected chi connectivity index (χ3v) is 6.03. The summed E-state index contributed by atoms with van der Waals surface area (Å²) in [6.07, 6.45) is 9.45. The molecule has 9 heteroatoms. The Morgan fingerprint density at radius 3 is 2.33 bits per heavy atom. The van der Waals surface area contributed by atoms with Crippen LogP contribution in [0.25, 0.3) is 6.08 Å². The van der Waals surface area contributed by atoms with E-state index in [9.17, 15) is 9.59 Å². The number of nitrogens with one attached hydrogen (secondary N) is 1. The van der Waals surface area contributed by atoms with E-state index in [0.29, 0.717) is 5.95 Å². The molecule has 0 aliphatic rings. The van der Waals surface area contributed by atoms with E-state index in [4.69, 9.17) is 27.9 Å². The van der Waals surface area contributed by atoms with Gasteiger partial charge in [0, 0.05) is 24.6 Å². The molecule has 1 atom stereocenters. The number of hydrogen-bond donors (Lipinski definition) is 1. The molecule has 3 aromatic rings. The molecule has 0 saturated heterocycles. The van der Waals surface area contributed by atoms with E-state index >= 15 is 0 Å². The van der Waals surface area contributed by atoms with Crippen molar-refractivity contribution in [2.45, 2.75) is 32.2 Å². The van der Waals surface area contributed by atoms with Crippen LogP contribution in [0.2, 0.25) is 10.0 Å². The van der Waals surface area contributed by atoms with Crippen molar-refractivity contribution >= 4 is 52.8 Å². The number of anilines is 2. The first-order valence-electron chi connectivity index (χ1n) is 11.6. The van der Waals surface area contributed by atoms with E-state index in [-0.39, 0.29) is 22.0 Å². The average Bonchev–Trinajstić information content (AvgIpc) is 2.89. The third kappa shape index (κ3) is 7.29. The Bertz CT molecular complexity index is 1170. The molecule has 0 spiro atoms. The van der Waals surface area contributed by atoms with Gasteiger partial charge in [0.15, 0.2) is 0 Å². The molecule has 0 aliphatic heterocycles. The number of esters is 1. The predicted octanol–water partition coefficient (Wildman–Crippen LogP) is 6.10. The molecule has 0 fully saturated rings. The van der Waals surface area contributed by atoms with E-state index < -0.39 is 17.9 Å². The fourth-order valence-electron chi connectivity index (χ4n) is 3.50. The van der Waals surface area contributed by atoms with Gasteiger partial charge in [-0.15, -0.1) is 0 Å². The Balaban J connectivity index is 1.69. The number of hydrogen-bond acceptors (Lipinski definition) is 6. The summed E-state index contributed by atoms with van der Waals surface area (Å²) in [4.78, 5) is 35.9. The van der Waals surface area contributed by atoms with E-state index in [1.807, 2.05) is 30.3 Å². The Kier molecular flexibility index (Phi) is 10.3. The summed E-state index contributed by atoms with van der Waals surface area (Å²) in [5.41, 5.74) is 2.04. The molecule has 188 valence electrons. The lowest BCUT2D eigenvalue weighted by Crippen LogP contribution is -2.41.